The molecule has 27 heavy (non-hydrogen) atoms. The molecule has 140 valence electrons. The number of halogens is 1. The summed E-state index contributed by atoms with van der Waals surface area (Å²) in [5.74, 6) is 1.21. The number of nitrogens with zero attached hydrogens (tertiary/aromatic N) is 4. The number of benzene rings is 2. The summed E-state index contributed by atoms with van der Waals surface area (Å²) < 4.78 is 3.05. The topological polar surface area (TPSA) is 51.0 Å². The highest BCUT2D eigenvalue weighted by atomic mass is 79.9. The van der Waals surface area contributed by atoms with Crippen LogP contribution in [0.4, 0.5) is 0 Å². The maximum absolute atomic E-state index is 12.5. The van der Waals surface area contributed by atoms with Crippen LogP contribution in [0.15, 0.2) is 64.2 Å². The van der Waals surface area contributed by atoms with E-state index < -0.39 is 0 Å². The quantitative estimate of drug-likeness (QED) is 0.504. The molecule has 1 heterocycles. The molecule has 0 aliphatic carbocycles. The van der Waals surface area contributed by atoms with Gasteiger partial charge in [0.15, 0.2) is 11.0 Å². The first-order chi connectivity index (χ1) is 13.1. The van der Waals surface area contributed by atoms with Gasteiger partial charge in [-0.2, -0.15) is 0 Å². The second-order valence-corrected chi connectivity index (χ2v) is 7.84. The Labute approximate surface area is 171 Å². The van der Waals surface area contributed by atoms with Crippen LogP contribution in [-0.2, 0) is 17.9 Å². The smallest absolute Gasteiger partial charge is 0.233 e. The van der Waals surface area contributed by atoms with E-state index in [4.69, 9.17) is 0 Å². The van der Waals surface area contributed by atoms with Gasteiger partial charge in [0.05, 0.1) is 5.75 Å². The maximum atomic E-state index is 12.5. The number of rotatable bonds is 7. The van der Waals surface area contributed by atoms with Gasteiger partial charge in [-0.05, 0) is 18.6 Å². The zero-order valence-electron chi connectivity index (χ0n) is 15.3. The van der Waals surface area contributed by atoms with E-state index in [-0.39, 0.29) is 5.91 Å². The Morgan fingerprint density at radius 3 is 2.52 bits per heavy atom. The molecule has 2 aromatic carbocycles. The summed E-state index contributed by atoms with van der Waals surface area (Å²) in [7, 11) is 1.82. The van der Waals surface area contributed by atoms with Crippen LogP contribution in [0, 0.1) is 0 Å². The van der Waals surface area contributed by atoms with Crippen molar-refractivity contribution in [1.82, 2.24) is 19.7 Å². The third-order valence-electron chi connectivity index (χ3n) is 4.18. The average Bonchev–Trinajstić information content (AvgIpc) is 3.11. The molecular weight excluding hydrogens is 424 g/mol. The molecule has 1 amide bonds. The van der Waals surface area contributed by atoms with Crippen molar-refractivity contribution in [2.24, 2.45) is 0 Å². The van der Waals surface area contributed by atoms with Gasteiger partial charge in [-0.3, -0.25) is 4.79 Å². The lowest BCUT2D eigenvalue weighted by atomic mass is 10.2. The van der Waals surface area contributed by atoms with Crippen molar-refractivity contribution in [2.45, 2.75) is 25.2 Å². The van der Waals surface area contributed by atoms with E-state index >= 15 is 0 Å². The summed E-state index contributed by atoms with van der Waals surface area (Å²) in [5.41, 5.74) is 2.11. The van der Waals surface area contributed by atoms with Crippen LogP contribution in [0.25, 0.3) is 11.4 Å². The molecule has 0 spiro atoms. The predicted molar refractivity (Wildman–Crippen MR) is 112 cm³/mol. The fourth-order valence-electron chi connectivity index (χ4n) is 2.69. The number of carbonyl (C=O) groups is 1. The van der Waals surface area contributed by atoms with Crippen molar-refractivity contribution >= 4 is 33.6 Å². The summed E-state index contributed by atoms with van der Waals surface area (Å²) in [6.45, 7) is 3.37. The fourth-order valence-corrected chi connectivity index (χ4v) is 4.04. The van der Waals surface area contributed by atoms with E-state index in [2.05, 4.69) is 33.1 Å². The number of hydrogen-bond acceptors (Lipinski definition) is 4. The predicted octanol–water partition coefficient (Wildman–Crippen LogP) is 4.48. The van der Waals surface area contributed by atoms with Crippen molar-refractivity contribution in [2.75, 3.05) is 12.8 Å². The van der Waals surface area contributed by atoms with Crippen LogP contribution in [0.2, 0.25) is 0 Å². The Morgan fingerprint density at radius 1 is 1.11 bits per heavy atom. The van der Waals surface area contributed by atoms with Crippen LogP contribution in [0.1, 0.15) is 12.5 Å². The minimum atomic E-state index is 0.0580. The highest BCUT2D eigenvalue weighted by molar-refractivity contribution is 9.10. The molecule has 0 bridgehead atoms. The van der Waals surface area contributed by atoms with Crippen LogP contribution >= 0.6 is 27.7 Å². The van der Waals surface area contributed by atoms with Crippen LogP contribution in [-0.4, -0.2) is 38.4 Å². The Kier molecular flexibility index (Phi) is 6.68. The Bertz CT molecular complexity index is 913. The molecule has 0 N–H and O–H groups in total. The standard InChI is InChI=1S/C20H21BrN4OS/c1-3-25-19(15-9-5-4-6-10-15)22-23-20(25)27-14-18(26)24(2)13-16-11-7-8-12-17(16)21/h4-12H,3,13-14H2,1-2H3. The maximum Gasteiger partial charge on any atom is 0.233 e. The van der Waals surface area contributed by atoms with Crippen molar-refractivity contribution in [3.63, 3.8) is 0 Å². The van der Waals surface area contributed by atoms with Crippen molar-refractivity contribution < 1.29 is 4.79 Å². The third-order valence-corrected chi connectivity index (χ3v) is 5.91. The molecule has 0 aliphatic rings. The fraction of sp³-hybridized carbons (Fsp3) is 0.250. The SMILES string of the molecule is CCn1c(SCC(=O)N(C)Cc2ccccc2Br)nnc1-c1ccccc1. The molecule has 3 rings (SSSR count). The molecule has 5 nitrogen and oxygen atoms in total. The van der Waals surface area contributed by atoms with Crippen molar-refractivity contribution in [1.29, 1.82) is 0 Å². The monoisotopic (exact) mass is 444 g/mol. The molecule has 0 fully saturated rings. The summed E-state index contributed by atoms with van der Waals surface area (Å²) in [5, 5.41) is 9.37. The van der Waals surface area contributed by atoms with Gasteiger partial charge in [-0.15, -0.1) is 10.2 Å². The van der Waals surface area contributed by atoms with Gasteiger partial charge in [-0.1, -0.05) is 76.2 Å². The second kappa shape index (κ2) is 9.19. The van der Waals surface area contributed by atoms with Gasteiger partial charge >= 0.3 is 0 Å². The number of thioether (sulfide) groups is 1. The molecule has 1 aromatic heterocycles. The van der Waals surface area contributed by atoms with Crippen molar-refractivity contribution in [3.05, 3.63) is 64.6 Å². The largest absolute Gasteiger partial charge is 0.341 e. The third kappa shape index (κ3) is 4.78. The number of carbonyl (C=O) groups excluding carboxylic acids is 1. The molecule has 0 saturated heterocycles. The van der Waals surface area contributed by atoms with E-state index in [1.165, 1.54) is 11.8 Å². The highest BCUT2D eigenvalue weighted by Crippen LogP contribution is 2.24. The van der Waals surface area contributed by atoms with Gasteiger partial charge < -0.3 is 9.47 Å². The summed E-state index contributed by atoms with van der Waals surface area (Å²) >= 11 is 4.95. The van der Waals surface area contributed by atoms with Crippen LogP contribution < -0.4 is 0 Å². The molecule has 3 aromatic rings. The first-order valence-electron chi connectivity index (χ1n) is 8.69. The number of hydrogen-bond donors (Lipinski definition) is 0. The molecule has 0 atom stereocenters. The first kappa shape index (κ1) is 19.6. The van der Waals surface area contributed by atoms with Crippen LogP contribution in [0.3, 0.4) is 0 Å². The summed E-state index contributed by atoms with van der Waals surface area (Å²) in [4.78, 5) is 14.3. The lowest BCUT2D eigenvalue weighted by Gasteiger charge is -2.18. The summed E-state index contributed by atoms with van der Waals surface area (Å²) in [6.07, 6.45) is 0. The second-order valence-electron chi connectivity index (χ2n) is 6.05. The van der Waals surface area contributed by atoms with Gasteiger partial charge in [-0.25, -0.2) is 0 Å². The van der Waals surface area contributed by atoms with Gasteiger partial charge in [0.25, 0.3) is 0 Å². The normalized spacial score (nSPS) is 10.8. The lowest BCUT2D eigenvalue weighted by molar-refractivity contribution is -0.127. The van der Waals surface area contributed by atoms with Gasteiger partial charge in [0, 0.05) is 30.2 Å². The zero-order valence-corrected chi connectivity index (χ0v) is 17.7. The molecule has 0 unspecified atom stereocenters. The minimum absolute atomic E-state index is 0.0580. The van der Waals surface area contributed by atoms with Gasteiger partial charge in [0.1, 0.15) is 0 Å². The molecular formula is C20H21BrN4OS. The van der Waals surface area contributed by atoms with Crippen LogP contribution in [0.5, 0.6) is 0 Å². The van der Waals surface area contributed by atoms with E-state index in [0.717, 1.165) is 33.1 Å². The molecule has 0 radical (unpaired) electrons. The Morgan fingerprint density at radius 2 is 1.81 bits per heavy atom. The Hall–Kier alpha value is -2.12. The van der Waals surface area contributed by atoms with E-state index in [9.17, 15) is 4.79 Å². The lowest BCUT2D eigenvalue weighted by Crippen LogP contribution is -2.28. The number of aromatic nitrogens is 3. The average molecular weight is 445 g/mol. The van der Waals surface area contributed by atoms with Gasteiger partial charge in [0.2, 0.25) is 5.91 Å². The summed E-state index contributed by atoms with van der Waals surface area (Å²) in [6, 6.07) is 17.9. The molecule has 7 heteroatoms. The van der Waals surface area contributed by atoms with Crippen molar-refractivity contribution in [3.8, 4) is 11.4 Å². The van der Waals surface area contributed by atoms with E-state index in [0.29, 0.717) is 12.3 Å². The molecule has 0 saturated carbocycles. The number of amides is 1. The Balaban J connectivity index is 1.65. The van der Waals surface area contributed by atoms with E-state index in [1.807, 2.05) is 66.2 Å². The van der Waals surface area contributed by atoms with E-state index in [1.54, 1.807) is 4.90 Å². The zero-order chi connectivity index (χ0) is 19.2. The minimum Gasteiger partial charge on any atom is -0.341 e. The first-order valence-corrected chi connectivity index (χ1v) is 10.5. The molecule has 0 aliphatic heterocycles. The highest BCUT2D eigenvalue weighted by Gasteiger charge is 2.16.